The van der Waals surface area contributed by atoms with Crippen LogP contribution in [0.15, 0.2) is 18.2 Å². The van der Waals surface area contributed by atoms with Crippen LogP contribution in [-0.2, 0) is 0 Å². The molecular formula is C14H19N3O3. The van der Waals surface area contributed by atoms with E-state index in [0.717, 1.165) is 0 Å². The van der Waals surface area contributed by atoms with Crippen LogP contribution < -0.4 is 9.64 Å². The molecule has 0 aliphatic heterocycles. The van der Waals surface area contributed by atoms with E-state index in [1.807, 2.05) is 20.8 Å². The van der Waals surface area contributed by atoms with Gasteiger partial charge in [-0.15, -0.1) is 0 Å². The number of anilines is 1. The van der Waals surface area contributed by atoms with Crippen LogP contribution >= 0.6 is 0 Å². The molecule has 20 heavy (non-hydrogen) atoms. The van der Waals surface area contributed by atoms with Crippen LogP contribution in [0.1, 0.15) is 27.2 Å². The Balaban J connectivity index is 3.25. The van der Waals surface area contributed by atoms with Crippen molar-refractivity contribution in [3.8, 4) is 11.8 Å². The van der Waals surface area contributed by atoms with Gasteiger partial charge in [-0.1, -0.05) is 6.07 Å². The molecule has 0 aliphatic carbocycles. The number of nitriles is 1. The highest BCUT2D eigenvalue weighted by molar-refractivity contribution is 5.69. The van der Waals surface area contributed by atoms with E-state index in [9.17, 15) is 10.1 Å². The molecule has 6 nitrogen and oxygen atoms in total. The Morgan fingerprint density at radius 3 is 2.60 bits per heavy atom. The second-order valence-electron chi connectivity index (χ2n) is 4.87. The number of nitro groups is 1. The van der Waals surface area contributed by atoms with Gasteiger partial charge in [0.05, 0.1) is 23.5 Å². The number of nitrogens with zero attached hydrogens (tertiary/aromatic N) is 3. The molecule has 0 bridgehead atoms. The Bertz CT molecular complexity index is 523. The topological polar surface area (TPSA) is 79.4 Å². The molecule has 6 heteroatoms. The highest BCUT2D eigenvalue weighted by Crippen LogP contribution is 2.38. The zero-order valence-electron chi connectivity index (χ0n) is 12.2. The van der Waals surface area contributed by atoms with Gasteiger partial charge >= 0.3 is 5.69 Å². The molecule has 0 saturated heterocycles. The molecule has 108 valence electrons. The van der Waals surface area contributed by atoms with Gasteiger partial charge in [0.25, 0.3) is 0 Å². The molecule has 0 amide bonds. The molecule has 1 unspecified atom stereocenters. The molecule has 0 aliphatic rings. The minimum atomic E-state index is -0.442. The molecule has 0 N–H and O–H groups in total. The van der Waals surface area contributed by atoms with Crippen LogP contribution in [0.3, 0.4) is 0 Å². The average molecular weight is 277 g/mol. The predicted molar refractivity (Wildman–Crippen MR) is 77.0 cm³/mol. The third-order valence-electron chi connectivity index (χ3n) is 2.95. The Kier molecular flexibility index (Phi) is 5.32. The van der Waals surface area contributed by atoms with Crippen LogP contribution in [0.5, 0.6) is 5.75 Å². The van der Waals surface area contributed by atoms with Gasteiger partial charge in [-0.3, -0.25) is 10.1 Å². The lowest BCUT2D eigenvalue weighted by molar-refractivity contribution is -0.385. The molecule has 1 atom stereocenters. The van der Waals surface area contributed by atoms with Gasteiger partial charge in [0.1, 0.15) is 5.69 Å². The third kappa shape index (κ3) is 3.60. The smallest absolute Gasteiger partial charge is 0.333 e. The zero-order chi connectivity index (χ0) is 15.3. The van der Waals surface area contributed by atoms with E-state index in [1.54, 1.807) is 30.1 Å². The lowest BCUT2D eigenvalue weighted by atomic mass is 10.1. The van der Waals surface area contributed by atoms with Crippen molar-refractivity contribution in [2.24, 2.45) is 0 Å². The van der Waals surface area contributed by atoms with Crippen molar-refractivity contribution in [2.45, 2.75) is 39.3 Å². The van der Waals surface area contributed by atoms with E-state index in [1.165, 1.54) is 0 Å². The summed E-state index contributed by atoms with van der Waals surface area (Å²) in [5.74, 6) is 0.249. The first-order chi connectivity index (χ1) is 9.38. The Labute approximate surface area is 118 Å². The van der Waals surface area contributed by atoms with Crippen molar-refractivity contribution in [1.29, 1.82) is 5.26 Å². The highest BCUT2D eigenvalue weighted by atomic mass is 16.6. The summed E-state index contributed by atoms with van der Waals surface area (Å²) < 4.78 is 5.50. The van der Waals surface area contributed by atoms with E-state index in [2.05, 4.69) is 6.07 Å². The Morgan fingerprint density at radius 2 is 2.10 bits per heavy atom. The van der Waals surface area contributed by atoms with E-state index in [-0.39, 0.29) is 23.6 Å². The third-order valence-corrected chi connectivity index (χ3v) is 2.95. The number of hydrogen-bond donors (Lipinski definition) is 0. The maximum Gasteiger partial charge on any atom is 0.333 e. The van der Waals surface area contributed by atoms with Gasteiger partial charge in [-0.2, -0.15) is 5.26 Å². The predicted octanol–water partition coefficient (Wildman–Crippen LogP) is 3.12. The van der Waals surface area contributed by atoms with E-state index >= 15 is 0 Å². The number of hydrogen-bond acceptors (Lipinski definition) is 5. The lowest BCUT2D eigenvalue weighted by Crippen LogP contribution is -2.29. The first-order valence-corrected chi connectivity index (χ1v) is 6.42. The van der Waals surface area contributed by atoms with Crippen molar-refractivity contribution < 1.29 is 9.66 Å². The van der Waals surface area contributed by atoms with Gasteiger partial charge in [0, 0.05) is 13.1 Å². The molecule has 1 aromatic carbocycles. The standard InChI is InChI=1S/C14H19N3O3/c1-10(2)20-13-7-5-6-12(14(13)17(18)19)16(4)11(3)8-9-15/h5-7,10-11H,8H2,1-4H3. The lowest BCUT2D eigenvalue weighted by Gasteiger charge is -2.25. The summed E-state index contributed by atoms with van der Waals surface area (Å²) in [5, 5.41) is 20.1. The van der Waals surface area contributed by atoms with Gasteiger partial charge in [0.2, 0.25) is 0 Å². The second-order valence-corrected chi connectivity index (χ2v) is 4.87. The number of nitro benzene ring substituents is 1. The van der Waals surface area contributed by atoms with Crippen LogP contribution in [-0.4, -0.2) is 24.1 Å². The van der Waals surface area contributed by atoms with Crippen molar-refractivity contribution >= 4 is 11.4 Å². The van der Waals surface area contributed by atoms with Crippen LogP contribution in [0, 0.1) is 21.4 Å². The number of ether oxygens (including phenoxy) is 1. The molecule has 1 aromatic rings. The fourth-order valence-corrected chi connectivity index (χ4v) is 1.83. The fourth-order valence-electron chi connectivity index (χ4n) is 1.83. The summed E-state index contributed by atoms with van der Waals surface area (Å²) >= 11 is 0. The Hall–Kier alpha value is -2.29. The summed E-state index contributed by atoms with van der Waals surface area (Å²) in [5.41, 5.74) is 0.393. The average Bonchev–Trinajstić information content (AvgIpc) is 2.36. The number of para-hydroxylation sites is 1. The van der Waals surface area contributed by atoms with E-state index in [0.29, 0.717) is 12.1 Å². The summed E-state index contributed by atoms with van der Waals surface area (Å²) in [6, 6.07) is 6.92. The fraction of sp³-hybridized carbons (Fsp3) is 0.500. The molecular weight excluding hydrogens is 258 g/mol. The minimum Gasteiger partial charge on any atom is -0.484 e. The maximum atomic E-state index is 11.3. The quantitative estimate of drug-likeness (QED) is 0.589. The van der Waals surface area contributed by atoms with Gasteiger partial charge < -0.3 is 9.64 Å². The molecule has 0 heterocycles. The molecule has 0 fully saturated rings. The molecule has 0 spiro atoms. The largest absolute Gasteiger partial charge is 0.484 e. The van der Waals surface area contributed by atoms with E-state index < -0.39 is 4.92 Å². The summed E-state index contributed by atoms with van der Waals surface area (Å²) in [6.07, 6.45) is 0.147. The molecule has 0 radical (unpaired) electrons. The summed E-state index contributed by atoms with van der Waals surface area (Å²) in [7, 11) is 1.74. The zero-order valence-corrected chi connectivity index (χ0v) is 12.2. The summed E-state index contributed by atoms with van der Waals surface area (Å²) in [4.78, 5) is 12.6. The first-order valence-electron chi connectivity index (χ1n) is 6.42. The van der Waals surface area contributed by atoms with Crippen LogP contribution in [0.25, 0.3) is 0 Å². The van der Waals surface area contributed by atoms with Crippen LogP contribution in [0.2, 0.25) is 0 Å². The van der Waals surface area contributed by atoms with Crippen molar-refractivity contribution in [3.05, 3.63) is 28.3 Å². The number of benzene rings is 1. The van der Waals surface area contributed by atoms with Crippen molar-refractivity contribution in [2.75, 3.05) is 11.9 Å². The number of rotatable bonds is 6. The summed E-state index contributed by atoms with van der Waals surface area (Å²) in [6.45, 7) is 5.49. The maximum absolute atomic E-state index is 11.3. The van der Waals surface area contributed by atoms with Gasteiger partial charge in [-0.05, 0) is 32.9 Å². The van der Waals surface area contributed by atoms with E-state index in [4.69, 9.17) is 10.00 Å². The molecule has 0 saturated carbocycles. The monoisotopic (exact) mass is 277 g/mol. The molecule has 1 rings (SSSR count). The van der Waals surface area contributed by atoms with Gasteiger partial charge in [-0.25, -0.2) is 0 Å². The SMILES string of the molecule is CC(C)Oc1cccc(N(C)C(C)CC#N)c1[N+](=O)[O-]. The Morgan fingerprint density at radius 1 is 1.45 bits per heavy atom. The second kappa shape index (κ2) is 6.75. The molecule has 0 aromatic heterocycles. The minimum absolute atomic E-state index is 0.0616. The normalized spacial score (nSPS) is 11.8. The van der Waals surface area contributed by atoms with Crippen molar-refractivity contribution in [1.82, 2.24) is 0 Å². The first kappa shape index (κ1) is 15.8. The van der Waals surface area contributed by atoms with Gasteiger partial charge in [0.15, 0.2) is 5.75 Å². The van der Waals surface area contributed by atoms with Crippen molar-refractivity contribution in [3.63, 3.8) is 0 Å². The van der Waals surface area contributed by atoms with Crippen LogP contribution in [0.4, 0.5) is 11.4 Å². The highest BCUT2D eigenvalue weighted by Gasteiger charge is 2.25.